The van der Waals surface area contributed by atoms with E-state index in [1.165, 1.54) is 10.9 Å². The van der Waals surface area contributed by atoms with Gasteiger partial charge in [0.15, 0.2) is 0 Å². The van der Waals surface area contributed by atoms with Crippen LogP contribution in [0.3, 0.4) is 0 Å². The molecule has 1 amide bonds. The number of aromatic nitrogens is 2. The monoisotopic (exact) mass is 310 g/mol. The SMILES string of the molecule is CN(Cn1cc(Cl)cn1)C1CCN(CC(F)(F)F)C1=O. The van der Waals surface area contributed by atoms with Crippen LogP contribution in [0.25, 0.3) is 0 Å². The van der Waals surface area contributed by atoms with Crippen LogP contribution >= 0.6 is 11.6 Å². The van der Waals surface area contributed by atoms with Crippen LogP contribution in [0.5, 0.6) is 0 Å². The number of hydrogen-bond donors (Lipinski definition) is 0. The van der Waals surface area contributed by atoms with Crippen molar-refractivity contribution in [2.24, 2.45) is 0 Å². The maximum Gasteiger partial charge on any atom is 0.406 e. The molecular formula is C11H14ClF3N4O. The van der Waals surface area contributed by atoms with Gasteiger partial charge in [0.2, 0.25) is 5.91 Å². The molecule has 1 aliphatic rings. The van der Waals surface area contributed by atoms with Gasteiger partial charge >= 0.3 is 6.18 Å². The Labute approximate surface area is 118 Å². The van der Waals surface area contributed by atoms with E-state index in [0.717, 1.165) is 4.90 Å². The lowest BCUT2D eigenvalue weighted by Crippen LogP contribution is -2.43. The van der Waals surface area contributed by atoms with Gasteiger partial charge < -0.3 is 4.90 Å². The Balaban J connectivity index is 1.95. The Kier molecular flexibility index (Phi) is 4.24. The number of alkyl halides is 3. The molecule has 9 heteroatoms. The minimum Gasteiger partial charge on any atom is -0.332 e. The zero-order chi connectivity index (χ0) is 14.9. The van der Waals surface area contributed by atoms with Crippen molar-refractivity contribution in [1.82, 2.24) is 19.6 Å². The van der Waals surface area contributed by atoms with Gasteiger partial charge in [0.1, 0.15) is 6.54 Å². The first-order valence-electron chi connectivity index (χ1n) is 6.00. The average molecular weight is 311 g/mol. The van der Waals surface area contributed by atoms with Gasteiger partial charge in [-0.2, -0.15) is 18.3 Å². The number of nitrogens with zero attached hydrogens (tertiary/aromatic N) is 4. The van der Waals surface area contributed by atoms with Crippen LogP contribution in [0.15, 0.2) is 12.4 Å². The molecule has 5 nitrogen and oxygen atoms in total. The first kappa shape index (κ1) is 15.1. The molecule has 2 heterocycles. The predicted octanol–water partition coefficient (Wildman–Crippen LogP) is 1.59. The number of likely N-dealkylation sites (N-methyl/N-ethyl adjacent to an activating group) is 1. The zero-order valence-corrected chi connectivity index (χ0v) is 11.5. The summed E-state index contributed by atoms with van der Waals surface area (Å²) >= 11 is 5.73. The van der Waals surface area contributed by atoms with Crippen molar-refractivity contribution in [3.05, 3.63) is 17.4 Å². The van der Waals surface area contributed by atoms with Crippen molar-refractivity contribution in [2.45, 2.75) is 25.3 Å². The number of carbonyl (C=O) groups excluding carboxylic acids is 1. The summed E-state index contributed by atoms with van der Waals surface area (Å²) in [7, 11) is 1.68. The number of amides is 1. The summed E-state index contributed by atoms with van der Waals surface area (Å²) in [6.07, 6.45) is -0.939. The van der Waals surface area contributed by atoms with E-state index in [1.807, 2.05) is 0 Å². The topological polar surface area (TPSA) is 41.4 Å². The van der Waals surface area contributed by atoms with Gasteiger partial charge in [-0.15, -0.1) is 0 Å². The van der Waals surface area contributed by atoms with Gasteiger partial charge in [-0.3, -0.25) is 14.4 Å². The van der Waals surface area contributed by atoms with Crippen LogP contribution in [0.2, 0.25) is 5.02 Å². The fraction of sp³-hybridized carbons (Fsp3) is 0.636. The molecule has 0 saturated carbocycles. The summed E-state index contributed by atoms with van der Waals surface area (Å²) in [5.41, 5.74) is 0. The largest absolute Gasteiger partial charge is 0.406 e. The first-order chi connectivity index (χ1) is 9.26. The van der Waals surface area contributed by atoms with Gasteiger partial charge in [-0.05, 0) is 13.5 Å². The summed E-state index contributed by atoms with van der Waals surface area (Å²) in [5.74, 6) is -0.497. The van der Waals surface area contributed by atoms with Gasteiger partial charge in [-0.25, -0.2) is 0 Å². The Morgan fingerprint density at radius 2 is 2.25 bits per heavy atom. The molecule has 0 aromatic carbocycles. The van der Waals surface area contributed by atoms with Crippen LogP contribution < -0.4 is 0 Å². The summed E-state index contributed by atoms with van der Waals surface area (Å²) < 4.78 is 38.5. The molecule has 1 unspecified atom stereocenters. The summed E-state index contributed by atoms with van der Waals surface area (Å²) in [4.78, 5) is 14.5. The van der Waals surface area contributed by atoms with Crippen LogP contribution in [0.1, 0.15) is 6.42 Å². The smallest absolute Gasteiger partial charge is 0.332 e. The minimum absolute atomic E-state index is 0.118. The highest BCUT2D eigenvalue weighted by molar-refractivity contribution is 6.30. The van der Waals surface area contributed by atoms with Crippen LogP contribution in [0, 0.1) is 0 Å². The van der Waals surface area contributed by atoms with Gasteiger partial charge in [-0.1, -0.05) is 11.6 Å². The van der Waals surface area contributed by atoms with Gasteiger partial charge in [0.05, 0.1) is 23.9 Å². The van der Waals surface area contributed by atoms with E-state index in [4.69, 9.17) is 11.6 Å². The molecule has 20 heavy (non-hydrogen) atoms. The predicted molar refractivity (Wildman–Crippen MR) is 66.0 cm³/mol. The molecular weight excluding hydrogens is 297 g/mol. The highest BCUT2D eigenvalue weighted by Gasteiger charge is 2.40. The van der Waals surface area contributed by atoms with Crippen molar-refractivity contribution in [2.75, 3.05) is 20.1 Å². The molecule has 2 rings (SSSR count). The maximum absolute atomic E-state index is 12.3. The van der Waals surface area contributed by atoms with E-state index in [1.54, 1.807) is 18.1 Å². The molecule has 0 radical (unpaired) electrons. The van der Waals surface area contributed by atoms with E-state index >= 15 is 0 Å². The fourth-order valence-corrected chi connectivity index (χ4v) is 2.40. The highest BCUT2D eigenvalue weighted by Crippen LogP contribution is 2.23. The van der Waals surface area contributed by atoms with Gasteiger partial charge in [0, 0.05) is 12.7 Å². The molecule has 1 fully saturated rings. The van der Waals surface area contributed by atoms with Crippen molar-refractivity contribution >= 4 is 17.5 Å². The summed E-state index contributed by atoms with van der Waals surface area (Å²) in [6, 6.07) is -0.555. The van der Waals surface area contributed by atoms with Crippen molar-refractivity contribution in [1.29, 1.82) is 0 Å². The van der Waals surface area contributed by atoms with Crippen LogP contribution in [-0.2, 0) is 11.5 Å². The van der Waals surface area contributed by atoms with Crippen molar-refractivity contribution in [3.63, 3.8) is 0 Å². The Morgan fingerprint density at radius 3 is 2.80 bits per heavy atom. The number of hydrogen-bond acceptors (Lipinski definition) is 3. The lowest BCUT2D eigenvalue weighted by molar-refractivity contribution is -0.159. The van der Waals surface area contributed by atoms with Crippen molar-refractivity contribution in [3.8, 4) is 0 Å². The Morgan fingerprint density at radius 1 is 1.55 bits per heavy atom. The quantitative estimate of drug-likeness (QED) is 0.848. The Bertz CT molecular complexity index is 490. The standard InChI is InChI=1S/C11H14ClF3N4O/c1-17(7-19-5-8(12)4-16-19)9-2-3-18(10(9)20)6-11(13,14)15/h4-5,9H,2-3,6-7H2,1H3. The number of carbonyl (C=O) groups is 1. The zero-order valence-electron chi connectivity index (χ0n) is 10.8. The minimum atomic E-state index is -4.36. The lowest BCUT2D eigenvalue weighted by atomic mass is 10.2. The van der Waals surface area contributed by atoms with E-state index in [9.17, 15) is 18.0 Å². The molecule has 1 aliphatic heterocycles. The number of likely N-dealkylation sites (tertiary alicyclic amines) is 1. The molecule has 0 spiro atoms. The van der Waals surface area contributed by atoms with Gasteiger partial charge in [0.25, 0.3) is 0 Å². The summed E-state index contributed by atoms with van der Waals surface area (Å²) in [5, 5.41) is 4.44. The second-order valence-corrected chi connectivity index (χ2v) is 5.21. The van der Waals surface area contributed by atoms with Crippen LogP contribution in [-0.4, -0.2) is 57.8 Å². The normalized spacial score (nSPS) is 20.2. The molecule has 0 bridgehead atoms. The van der Waals surface area contributed by atoms with Crippen LogP contribution in [0.4, 0.5) is 13.2 Å². The molecule has 0 aliphatic carbocycles. The van der Waals surface area contributed by atoms with E-state index in [0.29, 0.717) is 18.1 Å². The molecule has 1 aromatic rings. The Hall–Kier alpha value is -1.28. The third kappa shape index (κ3) is 3.63. The maximum atomic E-state index is 12.3. The highest BCUT2D eigenvalue weighted by atomic mass is 35.5. The molecule has 0 N–H and O–H groups in total. The lowest BCUT2D eigenvalue weighted by Gasteiger charge is -2.24. The molecule has 1 saturated heterocycles. The molecule has 112 valence electrons. The summed E-state index contributed by atoms with van der Waals surface area (Å²) in [6.45, 7) is -0.778. The third-order valence-corrected chi connectivity index (χ3v) is 3.34. The van der Waals surface area contributed by atoms with E-state index in [2.05, 4.69) is 5.10 Å². The van der Waals surface area contributed by atoms with E-state index < -0.39 is 24.7 Å². The number of halogens is 4. The fourth-order valence-electron chi connectivity index (χ4n) is 2.25. The second kappa shape index (κ2) is 5.61. The first-order valence-corrected chi connectivity index (χ1v) is 6.38. The molecule has 1 atom stereocenters. The second-order valence-electron chi connectivity index (χ2n) is 4.78. The average Bonchev–Trinajstić information content (AvgIpc) is 2.85. The van der Waals surface area contributed by atoms with E-state index in [-0.39, 0.29) is 6.54 Å². The van der Waals surface area contributed by atoms with Crippen molar-refractivity contribution < 1.29 is 18.0 Å². The third-order valence-electron chi connectivity index (χ3n) is 3.14. The number of rotatable bonds is 4. The molecule has 1 aromatic heterocycles.